The molecular weight excluding hydrogens is 384 g/mol. The summed E-state index contributed by atoms with van der Waals surface area (Å²) in [6.07, 6.45) is 1.93. The third kappa shape index (κ3) is 3.38. The Labute approximate surface area is 172 Å². The standard InChI is InChI=1S/C21H20N6O3/c28-21(22-16-7-8-16)15-6-9-17(18(12-15)27(29)30)25-10-11-26-19(13-25)23-24-20(26)14-4-2-1-3-5-14/h1-6,9,12,16H,7-8,10-11,13H2,(H,22,28). The van der Waals surface area contributed by atoms with Gasteiger partial charge >= 0.3 is 0 Å². The number of nitrogens with one attached hydrogen (secondary N) is 1. The highest BCUT2D eigenvalue weighted by Crippen LogP contribution is 2.33. The molecule has 2 aromatic carbocycles. The Bertz CT molecular complexity index is 1120. The van der Waals surface area contributed by atoms with Crippen molar-refractivity contribution < 1.29 is 9.72 Å². The molecule has 1 saturated carbocycles. The number of nitro groups is 1. The number of fused-ring (bicyclic) bond motifs is 1. The van der Waals surface area contributed by atoms with Gasteiger partial charge in [0.15, 0.2) is 11.6 Å². The van der Waals surface area contributed by atoms with Crippen LogP contribution >= 0.6 is 0 Å². The number of carbonyl (C=O) groups is 1. The average molecular weight is 404 g/mol. The minimum atomic E-state index is -0.433. The van der Waals surface area contributed by atoms with Crippen molar-refractivity contribution >= 4 is 17.3 Å². The largest absolute Gasteiger partial charge is 0.357 e. The third-order valence-corrected chi connectivity index (χ3v) is 5.47. The molecule has 1 aliphatic heterocycles. The number of hydrogen-bond acceptors (Lipinski definition) is 6. The van der Waals surface area contributed by atoms with Gasteiger partial charge in [-0.3, -0.25) is 14.9 Å². The molecule has 30 heavy (non-hydrogen) atoms. The number of carbonyl (C=O) groups excluding carboxylic acids is 1. The van der Waals surface area contributed by atoms with Crippen molar-refractivity contribution in [3.8, 4) is 11.4 Å². The number of anilines is 1. The molecule has 3 aromatic rings. The van der Waals surface area contributed by atoms with E-state index in [-0.39, 0.29) is 17.6 Å². The second-order valence-electron chi connectivity index (χ2n) is 7.59. The summed E-state index contributed by atoms with van der Waals surface area (Å²) in [5.74, 6) is 1.29. The lowest BCUT2D eigenvalue weighted by atomic mass is 10.1. The third-order valence-electron chi connectivity index (χ3n) is 5.47. The monoisotopic (exact) mass is 404 g/mol. The average Bonchev–Trinajstić information content (AvgIpc) is 3.48. The molecule has 0 radical (unpaired) electrons. The van der Waals surface area contributed by atoms with Crippen LogP contribution in [0.4, 0.5) is 11.4 Å². The molecule has 0 spiro atoms. The van der Waals surface area contributed by atoms with Crippen molar-refractivity contribution in [2.45, 2.75) is 32.0 Å². The number of aromatic nitrogens is 3. The van der Waals surface area contributed by atoms with Crippen LogP contribution in [0, 0.1) is 10.1 Å². The van der Waals surface area contributed by atoms with E-state index in [0.717, 1.165) is 30.1 Å². The Morgan fingerprint density at radius 1 is 1.10 bits per heavy atom. The van der Waals surface area contributed by atoms with Crippen molar-refractivity contribution in [2.24, 2.45) is 0 Å². The highest BCUT2D eigenvalue weighted by Gasteiger charge is 2.29. The summed E-state index contributed by atoms with van der Waals surface area (Å²) in [6.45, 7) is 1.61. The number of nitro benzene ring substituents is 1. The van der Waals surface area contributed by atoms with Gasteiger partial charge in [0, 0.05) is 36.3 Å². The van der Waals surface area contributed by atoms with Crippen LogP contribution in [0.15, 0.2) is 48.5 Å². The van der Waals surface area contributed by atoms with Crippen LogP contribution in [-0.4, -0.2) is 38.2 Å². The number of benzene rings is 2. The molecule has 1 aliphatic carbocycles. The lowest BCUT2D eigenvalue weighted by Crippen LogP contribution is -2.34. The van der Waals surface area contributed by atoms with Gasteiger partial charge in [-0.1, -0.05) is 30.3 Å². The zero-order chi connectivity index (χ0) is 20.7. The van der Waals surface area contributed by atoms with Crippen molar-refractivity contribution in [3.63, 3.8) is 0 Å². The minimum Gasteiger partial charge on any atom is -0.357 e. The SMILES string of the molecule is O=C(NC1CC1)c1ccc(N2CCn3c(nnc3-c3ccccc3)C2)c([N+](=O)[O-])c1. The molecule has 0 unspecified atom stereocenters. The lowest BCUT2D eigenvalue weighted by Gasteiger charge is -2.29. The van der Waals surface area contributed by atoms with E-state index in [9.17, 15) is 14.9 Å². The molecule has 9 nitrogen and oxygen atoms in total. The summed E-state index contributed by atoms with van der Waals surface area (Å²) >= 11 is 0. The molecular formula is C21H20N6O3. The summed E-state index contributed by atoms with van der Waals surface area (Å²) in [7, 11) is 0. The van der Waals surface area contributed by atoms with Gasteiger partial charge in [-0.05, 0) is 25.0 Å². The number of nitrogens with zero attached hydrogens (tertiary/aromatic N) is 5. The van der Waals surface area contributed by atoms with E-state index in [0.29, 0.717) is 30.9 Å². The highest BCUT2D eigenvalue weighted by molar-refractivity contribution is 5.96. The molecule has 0 atom stereocenters. The Morgan fingerprint density at radius 3 is 2.63 bits per heavy atom. The van der Waals surface area contributed by atoms with Gasteiger partial charge in [0.1, 0.15) is 5.69 Å². The molecule has 0 bridgehead atoms. The van der Waals surface area contributed by atoms with E-state index in [1.54, 1.807) is 12.1 Å². The van der Waals surface area contributed by atoms with E-state index in [1.165, 1.54) is 6.07 Å². The molecule has 2 aliphatic rings. The summed E-state index contributed by atoms with van der Waals surface area (Å²) < 4.78 is 2.05. The van der Waals surface area contributed by atoms with Crippen molar-refractivity contribution in [3.05, 3.63) is 70.0 Å². The van der Waals surface area contributed by atoms with Crippen LogP contribution < -0.4 is 10.2 Å². The maximum Gasteiger partial charge on any atom is 0.293 e. The van der Waals surface area contributed by atoms with E-state index in [1.807, 2.05) is 35.2 Å². The summed E-state index contributed by atoms with van der Waals surface area (Å²) in [5, 5.41) is 23.2. The van der Waals surface area contributed by atoms with Crippen molar-refractivity contribution in [1.82, 2.24) is 20.1 Å². The Balaban J connectivity index is 1.42. The van der Waals surface area contributed by atoms with Gasteiger partial charge in [0.25, 0.3) is 11.6 Å². The highest BCUT2D eigenvalue weighted by atomic mass is 16.6. The Morgan fingerprint density at radius 2 is 1.90 bits per heavy atom. The first-order valence-corrected chi connectivity index (χ1v) is 9.92. The minimum absolute atomic E-state index is 0.0744. The van der Waals surface area contributed by atoms with Crippen LogP contribution in [0.2, 0.25) is 0 Å². The normalized spacial score (nSPS) is 15.5. The molecule has 9 heteroatoms. The lowest BCUT2D eigenvalue weighted by molar-refractivity contribution is -0.384. The first kappa shape index (κ1) is 18.3. The molecule has 1 aromatic heterocycles. The molecule has 1 fully saturated rings. The zero-order valence-corrected chi connectivity index (χ0v) is 16.2. The first-order chi connectivity index (χ1) is 14.6. The second kappa shape index (κ2) is 7.25. The molecule has 2 heterocycles. The van der Waals surface area contributed by atoms with Gasteiger partial charge < -0.3 is 14.8 Å². The summed E-state index contributed by atoms with van der Waals surface area (Å²) in [5.41, 5.74) is 1.71. The fourth-order valence-corrected chi connectivity index (χ4v) is 3.74. The first-order valence-electron chi connectivity index (χ1n) is 9.92. The van der Waals surface area contributed by atoms with Gasteiger partial charge in [0.2, 0.25) is 0 Å². The van der Waals surface area contributed by atoms with E-state index >= 15 is 0 Å². The van der Waals surface area contributed by atoms with Crippen LogP contribution in [0.3, 0.4) is 0 Å². The molecule has 1 N–H and O–H groups in total. The number of rotatable bonds is 5. The van der Waals surface area contributed by atoms with Crippen molar-refractivity contribution in [1.29, 1.82) is 0 Å². The predicted molar refractivity (Wildman–Crippen MR) is 110 cm³/mol. The second-order valence-corrected chi connectivity index (χ2v) is 7.59. The van der Waals surface area contributed by atoms with Gasteiger partial charge in [-0.15, -0.1) is 10.2 Å². The Hall–Kier alpha value is -3.75. The van der Waals surface area contributed by atoms with E-state index in [4.69, 9.17) is 0 Å². The van der Waals surface area contributed by atoms with Gasteiger partial charge in [-0.2, -0.15) is 0 Å². The smallest absolute Gasteiger partial charge is 0.293 e. The molecule has 5 rings (SSSR count). The van der Waals surface area contributed by atoms with Crippen LogP contribution in [0.25, 0.3) is 11.4 Å². The predicted octanol–water partition coefficient (Wildman–Crippen LogP) is 2.77. The zero-order valence-electron chi connectivity index (χ0n) is 16.2. The van der Waals surface area contributed by atoms with E-state index < -0.39 is 4.92 Å². The molecule has 152 valence electrons. The summed E-state index contributed by atoms with van der Waals surface area (Å²) in [6, 6.07) is 14.7. The van der Waals surface area contributed by atoms with Crippen LogP contribution in [0.5, 0.6) is 0 Å². The Kier molecular flexibility index (Phi) is 4.42. The number of hydrogen-bond donors (Lipinski definition) is 1. The maximum absolute atomic E-state index is 12.3. The van der Waals surface area contributed by atoms with Crippen LogP contribution in [-0.2, 0) is 13.1 Å². The maximum atomic E-state index is 12.3. The molecule has 0 saturated heterocycles. The fourth-order valence-electron chi connectivity index (χ4n) is 3.74. The molecule has 1 amide bonds. The summed E-state index contributed by atoms with van der Waals surface area (Å²) in [4.78, 5) is 25.5. The van der Waals surface area contributed by atoms with Crippen molar-refractivity contribution in [2.75, 3.05) is 11.4 Å². The number of amides is 1. The van der Waals surface area contributed by atoms with Gasteiger partial charge in [0.05, 0.1) is 11.5 Å². The quantitative estimate of drug-likeness (QED) is 0.518. The van der Waals surface area contributed by atoms with Gasteiger partial charge in [-0.25, -0.2) is 0 Å². The van der Waals surface area contributed by atoms with E-state index in [2.05, 4.69) is 20.1 Å². The fraction of sp³-hybridized carbons (Fsp3) is 0.286. The van der Waals surface area contributed by atoms with Crippen LogP contribution in [0.1, 0.15) is 29.0 Å². The topological polar surface area (TPSA) is 106 Å².